The summed E-state index contributed by atoms with van der Waals surface area (Å²) in [4.78, 5) is 40.8. The number of fused-ring (bicyclic) bond motifs is 2. The molecule has 2 N–H and O–H groups in total. The van der Waals surface area contributed by atoms with E-state index in [2.05, 4.69) is 5.32 Å². The number of carbonyl (C=O) groups excluding carboxylic acids is 2. The number of thiol groups is 1. The summed E-state index contributed by atoms with van der Waals surface area (Å²) in [5.74, 6) is -1.63. The number of hydrogen-bond donors (Lipinski definition) is 2. The molecule has 2 heterocycles. The smallest absolute Gasteiger partial charge is 0.326 e. The van der Waals surface area contributed by atoms with Crippen molar-refractivity contribution in [2.75, 3.05) is 12.3 Å². The van der Waals surface area contributed by atoms with Gasteiger partial charge < -0.3 is 19.7 Å². The topological polar surface area (TPSA) is 117 Å². The highest BCUT2D eigenvalue weighted by atomic mass is 35.5. The van der Waals surface area contributed by atoms with Crippen molar-refractivity contribution >= 4 is 62.8 Å². The fraction of sp³-hybridized carbons (Fsp3) is 0.233. The van der Waals surface area contributed by atoms with E-state index < -0.39 is 28.7 Å². The van der Waals surface area contributed by atoms with Crippen molar-refractivity contribution in [3.05, 3.63) is 98.7 Å². The van der Waals surface area contributed by atoms with Gasteiger partial charge in [-0.15, -0.1) is 4.21 Å². The maximum Gasteiger partial charge on any atom is 0.326 e. The molecule has 0 radical (unpaired) electrons. The number of rotatable bonds is 8. The van der Waals surface area contributed by atoms with Gasteiger partial charge in [0.05, 0.1) is 21.9 Å². The highest BCUT2D eigenvalue weighted by molar-refractivity contribution is 7.84. The summed E-state index contributed by atoms with van der Waals surface area (Å²) in [6, 6.07) is 14.3. The van der Waals surface area contributed by atoms with Gasteiger partial charge in [-0.25, -0.2) is 4.79 Å². The molecule has 1 aromatic heterocycles. The van der Waals surface area contributed by atoms with Crippen molar-refractivity contribution in [3.63, 3.8) is 0 Å². The van der Waals surface area contributed by atoms with Gasteiger partial charge in [-0.3, -0.25) is 9.59 Å². The Morgan fingerprint density at radius 1 is 1.12 bits per heavy atom. The van der Waals surface area contributed by atoms with Crippen LogP contribution < -0.4 is 5.32 Å². The molecule has 41 heavy (non-hydrogen) atoms. The molecule has 2 amide bonds. The Morgan fingerprint density at radius 3 is 2.68 bits per heavy atom. The molecule has 11 heteroatoms. The molecule has 4 aromatic rings. The second kappa shape index (κ2) is 12.1. The van der Waals surface area contributed by atoms with Gasteiger partial charge >= 0.3 is 5.97 Å². The SMILES string of the molecule is CC[SH+](=O)c1cccc(CC(NC(=O)c2c(Cl)cc3c(c2Cl)CCN(C(=O)c2ccc4ccoc4c2)C3)C(=O)O)c1. The van der Waals surface area contributed by atoms with Crippen LogP contribution in [-0.4, -0.2) is 46.1 Å². The minimum absolute atomic E-state index is 0.0100. The largest absolute Gasteiger partial charge is 0.480 e. The Kier molecular flexibility index (Phi) is 8.49. The van der Waals surface area contributed by atoms with Crippen LogP contribution >= 0.6 is 23.2 Å². The van der Waals surface area contributed by atoms with Crippen LogP contribution in [0.1, 0.15) is 44.3 Å². The van der Waals surface area contributed by atoms with Crippen molar-refractivity contribution in [2.24, 2.45) is 0 Å². The molecule has 212 valence electrons. The van der Waals surface area contributed by atoms with E-state index in [4.69, 9.17) is 27.6 Å². The van der Waals surface area contributed by atoms with E-state index in [1.807, 2.05) is 19.1 Å². The number of carboxylic acid groups (broad SMARTS) is 1. The standard InChI is InChI=1S/C30H26Cl2N2O6S/c1-2-41(39)21-5-3-4-17(12-21)13-24(30(37)38)33-28(35)26-23(31)14-20-16-34(10-8-22(20)27(26)32)29(36)19-7-6-18-9-11-40-25(18)15-19/h3-7,9,11-12,14-15,24H,2,8,10,13,16H2,1H3,(H,33,35)(H,37,38)/p+1. The molecule has 8 nitrogen and oxygen atoms in total. The van der Waals surface area contributed by atoms with Gasteiger partial charge in [0.25, 0.3) is 11.8 Å². The Labute approximate surface area is 248 Å². The lowest BCUT2D eigenvalue weighted by molar-refractivity contribution is -0.139. The highest BCUT2D eigenvalue weighted by Gasteiger charge is 2.30. The number of halogens is 2. The van der Waals surface area contributed by atoms with E-state index in [-0.39, 0.29) is 34.5 Å². The van der Waals surface area contributed by atoms with E-state index in [1.165, 1.54) is 0 Å². The summed E-state index contributed by atoms with van der Waals surface area (Å²) in [6.45, 7) is 2.44. The van der Waals surface area contributed by atoms with Gasteiger partial charge in [0.2, 0.25) is 0 Å². The highest BCUT2D eigenvalue weighted by Crippen LogP contribution is 2.35. The first-order valence-corrected chi connectivity index (χ1v) is 15.2. The van der Waals surface area contributed by atoms with Gasteiger partial charge in [-0.2, -0.15) is 0 Å². The van der Waals surface area contributed by atoms with E-state index in [9.17, 15) is 23.7 Å². The Balaban J connectivity index is 1.34. The monoisotopic (exact) mass is 613 g/mol. The average Bonchev–Trinajstić information content (AvgIpc) is 3.44. The van der Waals surface area contributed by atoms with Gasteiger partial charge in [-0.1, -0.05) is 41.4 Å². The third-order valence-corrected chi connectivity index (χ3v) is 9.29. The first-order chi connectivity index (χ1) is 19.7. The lowest BCUT2D eigenvalue weighted by Crippen LogP contribution is -2.42. The van der Waals surface area contributed by atoms with Crippen molar-refractivity contribution < 1.29 is 28.1 Å². The molecule has 0 aliphatic carbocycles. The first kappa shape index (κ1) is 28.9. The van der Waals surface area contributed by atoms with Crippen LogP contribution in [0.3, 0.4) is 0 Å². The van der Waals surface area contributed by atoms with Gasteiger partial charge in [0, 0.05) is 30.5 Å². The molecule has 2 unspecified atom stereocenters. The molecule has 5 rings (SSSR count). The average molecular weight is 615 g/mol. The maximum atomic E-state index is 13.3. The fourth-order valence-electron chi connectivity index (χ4n) is 4.99. The maximum absolute atomic E-state index is 13.3. The predicted molar refractivity (Wildman–Crippen MR) is 158 cm³/mol. The third-order valence-electron chi connectivity index (χ3n) is 7.15. The summed E-state index contributed by atoms with van der Waals surface area (Å²) in [7, 11) is -1.57. The van der Waals surface area contributed by atoms with Gasteiger partial charge in [-0.05, 0) is 66.4 Å². The Bertz CT molecular complexity index is 1700. The zero-order chi connectivity index (χ0) is 29.3. The normalized spacial score (nSPS) is 14.4. The Hall–Kier alpha value is -3.66. The molecule has 0 saturated heterocycles. The third kappa shape index (κ3) is 6.02. The van der Waals surface area contributed by atoms with E-state index in [1.54, 1.807) is 53.6 Å². The lowest BCUT2D eigenvalue weighted by atomic mass is 9.95. The number of amides is 2. The quantitative estimate of drug-likeness (QED) is 0.202. The predicted octanol–water partition coefficient (Wildman–Crippen LogP) is 5.44. The summed E-state index contributed by atoms with van der Waals surface area (Å²) >= 11 is 13.2. The zero-order valence-electron chi connectivity index (χ0n) is 22.0. The number of benzene rings is 3. The van der Waals surface area contributed by atoms with Gasteiger partial charge in [0.15, 0.2) is 4.90 Å². The van der Waals surface area contributed by atoms with Crippen LogP contribution in [0.25, 0.3) is 11.0 Å². The number of carboxylic acids is 1. The summed E-state index contributed by atoms with van der Waals surface area (Å²) in [5.41, 5.74) is 3.14. The fourth-order valence-corrected chi connectivity index (χ4v) is 6.68. The van der Waals surface area contributed by atoms with Crippen LogP contribution in [0.2, 0.25) is 10.0 Å². The van der Waals surface area contributed by atoms with E-state index >= 15 is 0 Å². The second-order valence-electron chi connectivity index (χ2n) is 9.77. The molecule has 0 spiro atoms. The second-order valence-corrected chi connectivity index (χ2v) is 12.5. The molecule has 1 aliphatic rings. The molecular weight excluding hydrogens is 587 g/mol. The van der Waals surface area contributed by atoms with Crippen molar-refractivity contribution in [1.29, 1.82) is 0 Å². The van der Waals surface area contributed by atoms with Crippen molar-refractivity contribution in [1.82, 2.24) is 10.2 Å². The Morgan fingerprint density at radius 2 is 1.93 bits per heavy atom. The number of furan rings is 1. The van der Waals surface area contributed by atoms with Crippen LogP contribution in [0.4, 0.5) is 0 Å². The summed E-state index contributed by atoms with van der Waals surface area (Å²) in [5, 5.41) is 13.5. The van der Waals surface area contributed by atoms with E-state index in [0.717, 1.165) is 5.39 Å². The number of hydrogen-bond acceptors (Lipinski definition) is 5. The minimum atomic E-state index is -1.57. The van der Waals surface area contributed by atoms with Gasteiger partial charge in [0.1, 0.15) is 28.2 Å². The van der Waals surface area contributed by atoms with E-state index in [0.29, 0.717) is 51.5 Å². The first-order valence-electron chi connectivity index (χ1n) is 13.0. The van der Waals surface area contributed by atoms with Crippen molar-refractivity contribution in [3.8, 4) is 0 Å². The van der Waals surface area contributed by atoms with Crippen LogP contribution in [0.15, 0.2) is 70.2 Å². The molecule has 2 atom stereocenters. The number of nitrogens with one attached hydrogen (secondary N) is 1. The van der Waals surface area contributed by atoms with Crippen LogP contribution in [0.5, 0.6) is 0 Å². The number of carbonyl (C=O) groups is 3. The number of nitrogens with zero attached hydrogens (tertiary/aromatic N) is 1. The van der Waals surface area contributed by atoms with Crippen molar-refractivity contribution in [2.45, 2.75) is 37.2 Å². The van der Waals surface area contributed by atoms with Crippen LogP contribution in [0, 0.1) is 0 Å². The molecular formula is C30H27Cl2N2O6S+. The summed E-state index contributed by atoms with van der Waals surface area (Å²) in [6.07, 6.45) is 1.95. The lowest BCUT2D eigenvalue weighted by Gasteiger charge is -2.30. The molecule has 3 aromatic carbocycles. The molecule has 1 aliphatic heterocycles. The zero-order valence-corrected chi connectivity index (χ0v) is 24.4. The summed E-state index contributed by atoms with van der Waals surface area (Å²) < 4.78 is 17.6. The van der Waals surface area contributed by atoms with Crippen LogP contribution in [-0.2, 0) is 39.2 Å². The minimum Gasteiger partial charge on any atom is -0.480 e. The number of aliphatic carboxylic acids is 1. The molecule has 0 bridgehead atoms. The molecule has 0 saturated carbocycles. The molecule has 0 fully saturated rings.